The summed E-state index contributed by atoms with van der Waals surface area (Å²) in [5, 5.41) is 1.04. The third-order valence-corrected chi connectivity index (χ3v) is 4.06. The van der Waals surface area contributed by atoms with Crippen molar-refractivity contribution >= 4 is 21.8 Å². The van der Waals surface area contributed by atoms with E-state index in [9.17, 15) is 4.79 Å². The molecule has 0 N–H and O–H groups in total. The molecule has 0 aliphatic carbocycles. The Hall–Kier alpha value is -1.03. The van der Waals surface area contributed by atoms with E-state index >= 15 is 0 Å². The molecule has 0 aromatic heterocycles. The highest BCUT2D eigenvalue weighted by Crippen LogP contribution is 2.34. The van der Waals surface area contributed by atoms with Crippen molar-refractivity contribution < 1.29 is 9.53 Å². The monoisotopic (exact) mass is 325 g/mol. The van der Waals surface area contributed by atoms with Gasteiger partial charge in [-0.1, -0.05) is 40.5 Å². The van der Waals surface area contributed by atoms with Gasteiger partial charge in [-0.15, -0.1) is 0 Å². The summed E-state index contributed by atoms with van der Waals surface area (Å²) in [5.74, 6) is 0.898. The predicted molar refractivity (Wildman–Crippen MR) is 80.0 cm³/mol. The summed E-state index contributed by atoms with van der Waals surface area (Å²) < 4.78 is 5.57. The number of ether oxygens (including phenoxy) is 1. The standard InChI is InChI=1S/C15H20BrNO2/c1-17(10-6-2-5-9-16)15(18)13-11-19-14-8-4-3-7-12(13)14/h3-4,7-8,13H,2,5-6,9-11H2,1H3. The molecule has 19 heavy (non-hydrogen) atoms. The fourth-order valence-electron chi connectivity index (χ4n) is 2.36. The van der Waals surface area contributed by atoms with Crippen LogP contribution < -0.4 is 4.74 Å². The fraction of sp³-hybridized carbons (Fsp3) is 0.533. The zero-order chi connectivity index (χ0) is 13.7. The van der Waals surface area contributed by atoms with Crippen LogP contribution in [-0.4, -0.2) is 36.3 Å². The lowest BCUT2D eigenvalue weighted by atomic mass is 10.00. The van der Waals surface area contributed by atoms with Gasteiger partial charge < -0.3 is 9.64 Å². The largest absolute Gasteiger partial charge is 0.492 e. The van der Waals surface area contributed by atoms with E-state index in [1.54, 1.807) is 0 Å². The third kappa shape index (κ3) is 3.50. The average molecular weight is 326 g/mol. The van der Waals surface area contributed by atoms with Crippen LogP contribution in [0.15, 0.2) is 24.3 Å². The minimum absolute atomic E-state index is 0.127. The van der Waals surface area contributed by atoms with Crippen LogP contribution in [-0.2, 0) is 4.79 Å². The maximum Gasteiger partial charge on any atom is 0.233 e. The van der Waals surface area contributed by atoms with E-state index in [4.69, 9.17) is 4.74 Å². The Morgan fingerprint density at radius 2 is 2.16 bits per heavy atom. The Bertz CT molecular complexity index is 436. The summed E-state index contributed by atoms with van der Waals surface area (Å²) >= 11 is 3.42. The highest BCUT2D eigenvalue weighted by molar-refractivity contribution is 9.09. The van der Waals surface area contributed by atoms with Gasteiger partial charge in [0.1, 0.15) is 18.3 Å². The Balaban J connectivity index is 1.90. The highest BCUT2D eigenvalue weighted by Gasteiger charge is 2.31. The van der Waals surface area contributed by atoms with Gasteiger partial charge in [0.25, 0.3) is 0 Å². The number of halogens is 1. The van der Waals surface area contributed by atoms with Gasteiger partial charge in [0.15, 0.2) is 0 Å². The number of hydrogen-bond acceptors (Lipinski definition) is 2. The lowest BCUT2D eigenvalue weighted by Crippen LogP contribution is -2.33. The molecule has 1 amide bonds. The number of rotatable bonds is 6. The second-order valence-corrected chi connectivity index (χ2v) is 5.70. The molecule has 0 bridgehead atoms. The molecule has 3 nitrogen and oxygen atoms in total. The van der Waals surface area contributed by atoms with Crippen molar-refractivity contribution in [1.82, 2.24) is 4.90 Å². The molecule has 104 valence electrons. The first-order valence-electron chi connectivity index (χ1n) is 6.76. The lowest BCUT2D eigenvalue weighted by molar-refractivity contribution is -0.131. The number of nitrogens with zero attached hydrogens (tertiary/aromatic N) is 1. The molecule has 4 heteroatoms. The first-order chi connectivity index (χ1) is 9.24. The van der Waals surface area contributed by atoms with Crippen molar-refractivity contribution in [3.05, 3.63) is 29.8 Å². The maximum absolute atomic E-state index is 12.4. The molecule has 0 fully saturated rings. The van der Waals surface area contributed by atoms with E-state index < -0.39 is 0 Å². The van der Waals surface area contributed by atoms with E-state index in [0.717, 1.165) is 42.5 Å². The number of fused-ring (bicyclic) bond motifs is 1. The van der Waals surface area contributed by atoms with Gasteiger partial charge in [-0.05, 0) is 18.9 Å². The molecule has 0 radical (unpaired) electrons. The SMILES string of the molecule is CN(CCCCCBr)C(=O)C1COc2ccccc21. The second-order valence-electron chi connectivity index (χ2n) is 4.91. The van der Waals surface area contributed by atoms with E-state index in [0.29, 0.717) is 6.61 Å². The summed E-state index contributed by atoms with van der Waals surface area (Å²) in [4.78, 5) is 14.2. The van der Waals surface area contributed by atoms with Crippen molar-refractivity contribution in [3.8, 4) is 5.75 Å². The van der Waals surface area contributed by atoms with Gasteiger partial charge in [-0.2, -0.15) is 0 Å². The smallest absolute Gasteiger partial charge is 0.233 e. The molecule has 1 aliphatic rings. The number of carbonyl (C=O) groups excluding carboxylic acids is 1. The van der Waals surface area contributed by atoms with Gasteiger partial charge in [0, 0.05) is 24.5 Å². The van der Waals surface area contributed by atoms with Crippen LogP contribution in [0, 0.1) is 0 Å². The molecule has 2 rings (SSSR count). The van der Waals surface area contributed by atoms with Gasteiger partial charge in [0.05, 0.1) is 0 Å². The van der Waals surface area contributed by atoms with Crippen LogP contribution in [0.5, 0.6) is 5.75 Å². The summed E-state index contributed by atoms with van der Waals surface area (Å²) in [6.07, 6.45) is 3.38. The highest BCUT2D eigenvalue weighted by atomic mass is 79.9. The van der Waals surface area contributed by atoms with Crippen molar-refractivity contribution in [2.75, 3.05) is 25.5 Å². The normalized spacial score (nSPS) is 16.8. The number of amides is 1. The van der Waals surface area contributed by atoms with E-state index in [1.807, 2.05) is 36.2 Å². The van der Waals surface area contributed by atoms with E-state index in [-0.39, 0.29) is 11.8 Å². The molecule has 1 heterocycles. The fourth-order valence-corrected chi connectivity index (χ4v) is 2.76. The molecular weight excluding hydrogens is 306 g/mol. The summed E-state index contributed by atoms with van der Waals surface area (Å²) in [6.45, 7) is 1.30. The number of hydrogen-bond donors (Lipinski definition) is 0. The zero-order valence-corrected chi connectivity index (χ0v) is 12.9. The maximum atomic E-state index is 12.4. The molecule has 1 aromatic carbocycles. The van der Waals surface area contributed by atoms with Crippen LogP contribution in [0.2, 0.25) is 0 Å². The first kappa shape index (κ1) is 14.4. The molecule has 1 atom stereocenters. The van der Waals surface area contributed by atoms with Gasteiger partial charge >= 0.3 is 0 Å². The lowest BCUT2D eigenvalue weighted by Gasteiger charge is -2.20. The van der Waals surface area contributed by atoms with Crippen LogP contribution >= 0.6 is 15.9 Å². The minimum atomic E-state index is -0.127. The topological polar surface area (TPSA) is 29.5 Å². The number of para-hydroxylation sites is 1. The summed E-state index contributed by atoms with van der Waals surface area (Å²) in [6, 6.07) is 7.82. The molecule has 0 saturated carbocycles. The van der Waals surface area contributed by atoms with Crippen LogP contribution in [0.1, 0.15) is 30.7 Å². The van der Waals surface area contributed by atoms with Crippen molar-refractivity contribution in [2.24, 2.45) is 0 Å². The first-order valence-corrected chi connectivity index (χ1v) is 7.89. The Labute approximate surface area is 123 Å². The third-order valence-electron chi connectivity index (χ3n) is 3.50. The van der Waals surface area contributed by atoms with Crippen LogP contribution in [0.3, 0.4) is 0 Å². The van der Waals surface area contributed by atoms with Crippen molar-refractivity contribution in [1.29, 1.82) is 0 Å². The molecule has 1 unspecified atom stereocenters. The summed E-state index contributed by atoms with van der Waals surface area (Å²) in [7, 11) is 1.89. The van der Waals surface area contributed by atoms with Crippen molar-refractivity contribution in [2.45, 2.75) is 25.2 Å². The minimum Gasteiger partial charge on any atom is -0.492 e. The Kier molecular flexibility index (Phi) is 5.25. The number of unbranched alkanes of at least 4 members (excludes halogenated alkanes) is 2. The summed E-state index contributed by atoms with van der Waals surface area (Å²) in [5.41, 5.74) is 1.03. The van der Waals surface area contributed by atoms with Crippen LogP contribution in [0.4, 0.5) is 0 Å². The van der Waals surface area contributed by atoms with Gasteiger partial charge in [-0.25, -0.2) is 0 Å². The van der Waals surface area contributed by atoms with Crippen LogP contribution in [0.25, 0.3) is 0 Å². The average Bonchev–Trinajstić information content (AvgIpc) is 2.86. The quantitative estimate of drug-likeness (QED) is 0.593. The predicted octanol–water partition coefficient (Wildman–Crippen LogP) is 3.19. The van der Waals surface area contributed by atoms with Gasteiger partial charge in [-0.3, -0.25) is 4.79 Å². The number of carbonyl (C=O) groups is 1. The second kappa shape index (κ2) is 6.94. The molecule has 0 spiro atoms. The number of alkyl halides is 1. The van der Waals surface area contributed by atoms with Gasteiger partial charge in [0.2, 0.25) is 5.91 Å². The van der Waals surface area contributed by atoms with E-state index in [1.165, 1.54) is 0 Å². The Morgan fingerprint density at radius 1 is 1.37 bits per heavy atom. The number of likely N-dealkylation sites (N-methyl/N-ethyl adjacent to an activating group) is 1. The van der Waals surface area contributed by atoms with E-state index in [2.05, 4.69) is 15.9 Å². The number of benzene rings is 1. The zero-order valence-electron chi connectivity index (χ0n) is 11.3. The molecule has 1 aliphatic heterocycles. The Morgan fingerprint density at radius 3 is 2.95 bits per heavy atom. The molecule has 0 saturated heterocycles. The molecule has 1 aromatic rings. The molecular formula is C15H20BrNO2. The van der Waals surface area contributed by atoms with Crippen molar-refractivity contribution in [3.63, 3.8) is 0 Å².